The fourth-order valence-corrected chi connectivity index (χ4v) is 3.87. The second kappa shape index (κ2) is 8.00. The van der Waals surface area contributed by atoms with Gasteiger partial charge in [0.1, 0.15) is 0 Å². The Balaban J connectivity index is 1.42. The predicted molar refractivity (Wildman–Crippen MR) is 99.0 cm³/mol. The Morgan fingerprint density at radius 1 is 1.12 bits per heavy atom. The number of nitrogens with one attached hydrogen (secondary N) is 3. The van der Waals surface area contributed by atoms with E-state index in [1.54, 1.807) is 0 Å². The Bertz CT molecular complexity index is 600. The molecule has 0 spiro atoms. The smallest absolute Gasteiger partial charge is 0.226 e. The zero-order chi connectivity index (χ0) is 17.8. The van der Waals surface area contributed by atoms with E-state index in [2.05, 4.69) is 16.0 Å². The summed E-state index contributed by atoms with van der Waals surface area (Å²) in [5.41, 5.74) is 1.83. The molecule has 2 amide bonds. The lowest BCUT2D eigenvalue weighted by atomic mass is 9.89. The number of carbonyl (C=O) groups excluding carboxylic acids is 2. The van der Waals surface area contributed by atoms with E-state index in [0.717, 1.165) is 24.1 Å². The van der Waals surface area contributed by atoms with Gasteiger partial charge in [0.25, 0.3) is 0 Å². The van der Waals surface area contributed by atoms with Crippen molar-refractivity contribution in [2.45, 2.75) is 64.6 Å². The summed E-state index contributed by atoms with van der Waals surface area (Å²) >= 11 is 0. The van der Waals surface area contributed by atoms with E-state index >= 15 is 0 Å². The average Bonchev–Trinajstić information content (AvgIpc) is 2.92. The molecule has 5 heteroatoms. The van der Waals surface area contributed by atoms with E-state index in [0.29, 0.717) is 31.0 Å². The zero-order valence-corrected chi connectivity index (χ0v) is 15.2. The summed E-state index contributed by atoms with van der Waals surface area (Å²) in [6.45, 7) is 4.27. The summed E-state index contributed by atoms with van der Waals surface area (Å²) in [5.74, 6) is 0.636. The lowest BCUT2D eigenvalue weighted by molar-refractivity contribution is -0.122. The number of rotatable bonds is 6. The van der Waals surface area contributed by atoms with Crippen LogP contribution < -0.4 is 16.0 Å². The highest BCUT2D eigenvalue weighted by molar-refractivity contribution is 5.92. The normalized spacial score (nSPS) is 25.0. The number of piperidine rings is 1. The predicted octanol–water partition coefficient (Wildman–Crippen LogP) is 2.82. The molecule has 0 aromatic heterocycles. The number of carbonyl (C=O) groups is 2. The van der Waals surface area contributed by atoms with E-state index in [1.807, 2.05) is 38.1 Å². The first-order valence-corrected chi connectivity index (χ1v) is 9.42. The van der Waals surface area contributed by atoms with Crippen LogP contribution in [-0.2, 0) is 16.1 Å². The molecule has 2 aliphatic heterocycles. The van der Waals surface area contributed by atoms with Crippen molar-refractivity contribution in [3.8, 4) is 0 Å². The van der Waals surface area contributed by atoms with Gasteiger partial charge in [-0.15, -0.1) is 0 Å². The van der Waals surface area contributed by atoms with E-state index in [1.165, 1.54) is 12.8 Å². The molecule has 136 valence electrons. The molecule has 25 heavy (non-hydrogen) atoms. The minimum Gasteiger partial charge on any atom is -0.352 e. The standard InChI is InChI=1S/C20H29N3O2/c1-13(2)20(25)23-16-5-3-14(4-6-16)12-21-19(24)11-15-9-17-7-8-18(10-15)22-17/h3-6,13,15,17-18,22H,7-12H2,1-2H3,(H,21,24)(H,23,25). The number of benzene rings is 1. The maximum atomic E-state index is 12.2. The maximum absolute atomic E-state index is 12.2. The molecule has 2 saturated heterocycles. The van der Waals surface area contributed by atoms with Gasteiger partial charge in [-0.2, -0.15) is 0 Å². The molecule has 1 aromatic carbocycles. The Kier molecular flexibility index (Phi) is 5.74. The Hall–Kier alpha value is -1.88. The van der Waals surface area contributed by atoms with Gasteiger partial charge in [-0.25, -0.2) is 0 Å². The highest BCUT2D eigenvalue weighted by atomic mass is 16.2. The van der Waals surface area contributed by atoms with Crippen LogP contribution in [0, 0.1) is 11.8 Å². The van der Waals surface area contributed by atoms with Gasteiger partial charge in [-0.3, -0.25) is 9.59 Å². The third-order valence-electron chi connectivity index (χ3n) is 5.28. The number of hydrogen-bond acceptors (Lipinski definition) is 3. The van der Waals surface area contributed by atoms with Crippen molar-refractivity contribution in [3.63, 3.8) is 0 Å². The SMILES string of the molecule is CC(C)C(=O)Nc1ccc(CNC(=O)CC2CC3CCC(C2)N3)cc1. The van der Waals surface area contributed by atoms with Gasteiger partial charge in [-0.05, 0) is 49.3 Å². The van der Waals surface area contributed by atoms with Crippen molar-refractivity contribution in [1.82, 2.24) is 10.6 Å². The molecule has 0 saturated carbocycles. The summed E-state index contributed by atoms with van der Waals surface area (Å²) < 4.78 is 0. The fraction of sp³-hybridized carbons (Fsp3) is 0.600. The van der Waals surface area contributed by atoms with Crippen molar-refractivity contribution in [1.29, 1.82) is 0 Å². The first-order valence-electron chi connectivity index (χ1n) is 9.42. The molecule has 2 heterocycles. The molecule has 2 fully saturated rings. The Morgan fingerprint density at radius 2 is 1.76 bits per heavy atom. The molecule has 2 aliphatic rings. The highest BCUT2D eigenvalue weighted by Gasteiger charge is 2.34. The van der Waals surface area contributed by atoms with E-state index < -0.39 is 0 Å². The quantitative estimate of drug-likeness (QED) is 0.744. The second-order valence-corrected chi connectivity index (χ2v) is 7.80. The van der Waals surface area contributed by atoms with Crippen LogP contribution in [-0.4, -0.2) is 23.9 Å². The fourth-order valence-electron chi connectivity index (χ4n) is 3.87. The number of hydrogen-bond donors (Lipinski definition) is 3. The second-order valence-electron chi connectivity index (χ2n) is 7.80. The number of amides is 2. The molecule has 2 bridgehead atoms. The third kappa shape index (κ3) is 5.05. The van der Waals surface area contributed by atoms with Crippen molar-refractivity contribution in [2.24, 2.45) is 11.8 Å². The van der Waals surface area contributed by atoms with Crippen LogP contribution in [0.2, 0.25) is 0 Å². The number of anilines is 1. The summed E-state index contributed by atoms with van der Waals surface area (Å²) in [7, 11) is 0. The minimum absolute atomic E-state index is 0.0111. The van der Waals surface area contributed by atoms with Crippen molar-refractivity contribution >= 4 is 17.5 Å². The van der Waals surface area contributed by atoms with Crippen LogP contribution in [0.3, 0.4) is 0 Å². The van der Waals surface area contributed by atoms with E-state index in [9.17, 15) is 9.59 Å². The van der Waals surface area contributed by atoms with Crippen molar-refractivity contribution in [3.05, 3.63) is 29.8 Å². The summed E-state index contributed by atoms with van der Waals surface area (Å²) in [6, 6.07) is 8.91. The topological polar surface area (TPSA) is 70.2 Å². The summed E-state index contributed by atoms with van der Waals surface area (Å²) in [4.78, 5) is 23.9. The summed E-state index contributed by atoms with van der Waals surface area (Å²) in [5, 5.41) is 9.51. The van der Waals surface area contributed by atoms with Crippen molar-refractivity contribution in [2.75, 3.05) is 5.32 Å². The lowest BCUT2D eigenvalue weighted by Gasteiger charge is -2.28. The molecule has 3 N–H and O–H groups in total. The van der Waals surface area contributed by atoms with Gasteiger partial charge >= 0.3 is 0 Å². The maximum Gasteiger partial charge on any atom is 0.226 e. The van der Waals surface area contributed by atoms with E-state index in [4.69, 9.17) is 0 Å². The molecule has 0 aliphatic carbocycles. The third-order valence-corrected chi connectivity index (χ3v) is 5.28. The first-order chi connectivity index (χ1) is 12.0. The number of fused-ring (bicyclic) bond motifs is 2. The van der Waals surface area contributed by atoms with Crippen LogP contribution in [0.5, 0.6) is 0 Å². The van der Waals surface area contributed by atoms with Gasteiger partial charge in [0.15, 0.2) is 0 Å². The van der Waals surface area contributed by atoms with Crippen molar-refractivity contribution < 1.29 is 9.59 Å². The van der Waals surface area contributed by atoms with Crippen LogP contribution >= 0.6 is 0 Å². The summed E-state index contributed by atoms with van der Waals surface area (Å²) in [6.07, 6.45) is 5.44. The van der Waals surface area contributed by atoms with E-state index in [-0.39, 0.29) is 17.7 Å². The molecule has 0 radical (unpaired) electrons. The average molecular weight is 343 g/mol. The Morgan fingerprint density at radius 3 is 2.36 bits per heavy atom. The van der Waals surface area contributed by atoms with Gasteiger partial charge < -0.3 is 16.0 Å². The first kappa shape index (κ1) is 17.9. The van der Waals surface area contributed by atoms with Gasteiger partial charge in [0.2, 0.25) is 11.8 Å². The van der Waals surface area contributed by atoms with Gasteiger partial charge in [0, 0.05) is 36.7 Å². The highest BCUT2D eigenvalue weighted by Crippen LogP contribution is 2.32. The van der Waals surface area contributed by atoms with Crippen LogP contribution in [0.1, 0.15) is 51.5 Å². The molecular formula is C20H29N3O2. The molecule has 1 aromatic rings. The van der Waals surface area contributed by atoms with Crippen LogP contribution in [0.15, 0.2) is 24.3 Å². The monoisotopic (exact) mass is 343 g/mol. The van der Waals surface area contributed by atoms with Crippen LogP contribution in [0.25, 0.3) is 0 Å². The molecular weight excluding hydrogens is 314 g/mol. The Labute approximate surface area is 150 Å². The van der Waals surface area contributed by atoms with Gasteiger partial charge in [0.05, 0.1) is 0 Å². The van der Waals surface area contributed by atoms with Crippen LogP contribution in [0.4, 0.5) is 5.69 Å². The molecule has 2 atom stereocenters. The largest absolute Gasteiger partial charge is 0.352 e. The lowest BCUT2D eigenvalue weighted by Crippen LogP contribution is -2.39. The molecule has 5 nitrogen and oxygen atoms in total. The minimum atomic E-state index is -0.0378. The molecule has 2 unspecified atom stereocenters. The molecule has 3 rings (SSSR count). The zero-order valence-electron chi connectivity index (χ0n) is 15.2. The van der Waals surface area contributed by atoms with Gasteiger partial charge in [-0.1, -0.05) is 26.0 Å².